The van der Waals surface area contributed by atoms with Crippen molar-refractivity contribution in [1.82, 2.24) is 0 Å². The first kappa shape index (κ1) is 30.5. The molecule has 8 heteroatoms. The highest BCUT2D eigenvalue weighted by molar-refractivity contribution is 5.32. The van der Waals surface area contributed by atoms with Gasteiger partial charge in [0.15, 0.2) is 23.7 Å². The smallest absolute Gasteiger partial charge is 0.426 e. The molecule has 2 aliphatic rings. The highest BCUT2D eigenvalue weighted by Crippen LogP contribution is 2.42. The standard InChI is InChI=1S/C34H37F5O3/c1-2-3-4-5-22-6-14-28(15-7-22)34(38,39)42-29-16-12-24(13-17-29)23-8-10-25(11-9-23)27-20-40-33(41-21-27)26-18-30(35)32(37)31(36)19-26/h6-7,12-19,23,25,27,33H,2-5,8-11,20-21H2,1H3. The highest BCUT2D eigenvalue weighted by atomic mass is 19.3. The highest BCUT2D eigenvalue weighted by Gasteiger charge is 2.35. The first-order valence-electron chi connectivity index (χ1n) is 14.9. The fourth-order valence-electron chi connectivity index (χ4n) is 6.08. The van der Waals surface area contributed by atoms with E-state index < -0.39 is 29.9 Å². The lowest BCUT2D eigenvalue weighted by atomic mass is 9.74. The van der Waals surface area contributed by atoms with Crippen LogP contribution >= 0.6 is 0 Å². The van der Waals surface area contributed by atoms with Gasteiger partial charge in [-0.15, -0.1) is 0 Å². The molecule has 0 aromatic heterocycles. The Balaban J connectivity index is 1.09. The number of aryl methyl sites for hydroxylation is 1. The SMILES string of the molecule is CCCCCc1ccc(C(F)(F)Oc2ccc(C3CCC(C4COC(c5cc(F)c(F)c(F)c5)OC4)CC3)cc2)cc1. The van der Waals surface area contributed by atoms with Gasteiger partial charge in [0.05, 0.1) is 18.8 Å². The van der Waals surface area contributed by atoms with Gasteiger partial charge in [-0.2, -0.15) is 8.78 Å². The Bertz CT molecular complexity index is 1270. The van der Waals surface area contributed by atoms with Crippen molar-refractivity contribution in [2.45, 2.75) is 76.6 Å². The average molecular weight is 589 g/mol. The third-order valence-electron chi connectivity index (χ3n) is 8.60. The van der Waals surface area contributed by atoms with Gasteiger partial charge in [-0.3, -0.25) is 0 Å². The molecule has 42 heavy (non-hydrogen) atoms. The minimum atomic E-state index is -3.43. The third kappa shape index (κ3) is 7.32. The number of alkyl halides is 2. The normalized spacial score (nSPS) is 23.1. The summed E-state index contributed by atoms with van der Waals surface area (Å²) in [7, 11) is 0. The van der Waals surface area contributed by atoms with E-state index in [1.165, 1.54) is 12.1 Å². The summed E-state index contributed by atoms with van der Waals surface area (Å²) in [5, 5.41) is 0. The molecule has 0 atom stereocenters. The van der Waals surface area contributed by atoms with Crippen LogP contribution in [0.25, 0.3) is 0 Å². The van der Waals surface area contributed by atoms with Crippen molar-refractivity contribution in [1.29, 1.82) is 0 Å². The molecule has 0 unspecified atom stereocenters. The monoisotopic (exact) mass is 588 g/mol. The van der Waals surface area contributed by atoms with Crippen molar-refractivity contribution in [3.8, 4) is 5.75 Å². The molecular weight excluding hydrogens is 551 g/mol. The van der Waals surface area contributed by atoms with E-state index in [4.69, 9.17) is 14.2 Å². The number of ether oxygens (including phenoxy) is 3. The summed E-state index contributed by atoms with van der Waals surface area (Å²) in [4.78, 5) is 0. The maximum absolute atomic E-state index is 14.8. The number of rotatable bonds is 10. The van der Waals surface area contributed by atoms with Gasteiger partial charge in [-0.25, -0.2) is 13.2 Å². The number of unbranched alkanes of at least 4 members (excludes halogenated alkanes) is 2. The lowest BCUT2D eigenvalue weighted by Gasteiger charge is -2.38. The Hall–Kier alpha value is -2.97. The summed E-state index contributed by atoms with van der Waals surface area (Å²) < 4.78 is 86.7. The van der Waals surface area contributed by atoms with E-state index in [9.17, 15) is 22.0 Å². The topological polar surface area (TPSA) is 27.7 Å². The summed E-state index contributed by atoms with van der Waals surface area (Å²) in [5.74, 6) is -3.08. The van der Waals surface area contributed by atoms with Gasteiger partial charge in [-0.1, -0.05) is 44.0 Å². The number of halogens is 5. The van der Waals surface area contributed by atoms with Crippen molar-refractivity contribution in [2.24, 2.45) is 11.8 Å². The van der Waals surface area contributed by atoms with Crippen LogP contribution in [0, 0.1) is 29.3 Å². The summed E-state index contributed by atoms with van der Waals surface area (Å²) in [6.45, 7) is 2.92. The van der Waals surface area contributed by atoms with E-state index in [0.717, 1.165) is 74.6 Å². The van der Waals surface area contributed by atoms with Gasteiger partial charge >= 0.3 is 6.11 Å². The first-order valence-corrected chi connectivity index (χ1v) is 14.9. The van der Waals surface area contributed by atoms with Crippen molar-refractivity contribution >= 4 is 0 Å². The first-order chi connectivity index (χ1) is 20.2. The van der Waals surface area contributed by atoms with Crippen LogP contribution < -0.4 is 4.74 Å². The molecule has 0 radical (unpaired) electrons. The number of benzene rings is 3. The molecule has 1 saturated carbocycles. The molecule has 1 aliphatic carbocycles. The molecule has 0 bridgehead atoms. The molecule has 0 N–H and O–H groups in total. The van der Waals surface area contributed by atoms with E-state index in [1.54, 1.807) is 24.3 Å². The summed E-state index contributed by atoms with van der Waals surface area (Å²) in [5.41, 5.74) is 2.10. The van der Waals surface area contributed by atoms with E-state index >= 15 is 0 Å². The maximum Gasteiger partial charge on any atom is 0.426 e. The van der Waals surface area contributed by atoms with Gasteiger partial charge in [0.25, 0.3) is 0 Å². The molecule has 226 valence electrons. The number of hydrogen-bond acceptors (Lipinski definition) is 3. The molecule has 2 fully saturated rings. The molecule has 1 aliphatic heterocycles. The lowest BCUT2D eigenvalue weighted by Crippen LogP contribution is -2.34. The second kappa shape index (κ2) is 13.6. The van der Waals surface area contributed by atoms with Crippen LogP contribution in [0.1, 0.15) is 86.3 Å². The lowest BCUT2D eigenvalue weighted by molar-refractivity contribution is -0.214. The van der Waals surface area contributed by atoms with Crippen LogP contribution in [0.15, 0.2) is 60.7 Å². The second-order valence-corrected chi connectivity index (χ2v) is 11.5. The fraction of sp³-hybridized carbons (Fsp3) is 0.471. The van der Waals surface area contributed by atoms with Crippen LogP contribution in [0.5, 0.6) is 5.75 Å². The Morgan fingerprint density at radius 1 is 0.762 bits per heavy atom. The zero-order valence-electron chi connectivity index (χ0n) is 23.8. The van der Waals surface area contributed by atoms with Gasteiger partial charge in [0.1, 0.15) is 5.75 Å². The van der Waals surface area contributed by atoms with E-state index in [1.807, 2.05) is 12.1 Å². The van der Waals surface area contributed by atoms with E-state index in [0.29, 0.717) is 25.0 Å². The van der Waals surface area contributed by atoms with Gasteiger partial charge in [-0.05, 0) is 97.9 Å². The molecular formula is C34H37F5O3. The maximum atomic E-state index is 14.8. The Kier molecular flexibility index (Phi) is 9.84. The summed E-state index contributed by atoms with van der Waals surface area (Å²) in [6, 6.07) is 15.1. The van der Waals surface area contributed by atoms with Gasteiger partial charge in [0, 0.05) is 11.5 Å². The van der Waals surface area contributed by atoms with E-state index in [2.05, 4.69) is 6.92 Å². The zero-order valence-corrected chi connectivity index (χ0v) is 23.8. The molecule has 1 saturated heterocycles. The predicted octanol–water partition coefficient (Wildman–Crippen LogP) is 9.60. The average Bonchev–Trinajstić information content (AvgIpc) is 3.00. The molecule has 3 aromatic carbocycles. The molecule has 3 nitrogen and oxygen atoms in total. The van der Waals surface area contributed by atoms with Crippen LogP contribution in [0.3, 0.4) is 0 Å². The number of hydrogen-bond donors (Lipinski definition) is 0. The van der Waals surface area contributed by atoms with Gasteiger partial charge in [0.2, 0.25) is 0 Å². The van der Waals surface area contributed by atoms with Crippen LogP contribution in [-0.2, 0) is 22.0 Å². The summed E-state index contributed by atoms with van der Waals surface area (Å²) >= 11 is 0. The summed E-state index contributed by atoms with van der Waals surface area (Å²) in [6.07, 6.45) is 3.62. The van der Waals surface area contributed by atoms with Gasteiger partial charge < -0.3 is 14.2 Å². The van der Waals surface area contributed by atoms with E-state index in [-0.39, 0.29) is 22.8 Å². The predicted molar refractivity (Wildman–Crippen MR) is 150 cm³/mol. The van der Waals surface area contributed by atoms with Crippen LogP contribution in [0.2, 0.25) is 0 Å². The minimum absolute atomic E-state index is 0.120. The van der Waals surface area contributed by atoms with Crippen LogP contribution in [0.4, 0.5) is 22.0 Å². The fourth-order valence-corrected chi connectivity index (χ4v) is 6.08. The largest absolute Gasteiger partial charge is 0.429 e. The molecule has 5 rings (SSSR count). The minimum Gasteiger partial charge on any atom is -0.429 e. The van der Waals surface area contributed by atoms with Crippen molar-refractivity contribution in [3.05, 3.63) is 100 Å². The molecule has 0 spiro atoms. The third-order valence-corrected chi connectivity index (χ3v) is 8.60. The Morgan fingerprint density at radius 3 is 1.98 bits per heavy atom. The molecule has 1 heterocycles. The van der Waals surface area contributed by atoms with Crippen molar-refractivity contribution in [2.75, 3.05) is 13.2 Å². The van der Waals surface area contributed by atoms with Crippen molar-refractivity contribution in [3.63, 3.8) is 0 Å². The molecule has 3 aromatic rings. The Morgan fingerprint density at radius 2 is 1.38 bits per heavy atom. The second-order valence-electron chi connectivity index (χ2n) is 11.5. The Labute approximate surface area is 244 Å². The quantitative estimate of drug-likeness (QED) is 0.134. The molecule has 0 amide bonds. The van der Waals surface area contributed by atoms with Crippen molar-refractivity contribution < 1.29 is 36.2 Å². The zero-order chi connectivity index (χ0) is 29.7. The van der Waals surface area contributed by atoms with Crippen LogP contribution in [-0.4, -0.2) is 13.2 Å².